The van der Waals surface area contributed by atoms with E-state index in [0.29, 0.717) is 18.4 Å². The average molecular weight is 194 g/mol. The largest absolute Gasteiger partial charge is 0.458 e. The van der Waals surface area contributed by atoms with E-state index in [0.717, 1.165) is 12.8 Å². The summed E-state index contributed by atoms with van der Waals surface area (Å²) in [7, 11) is 0. The van der Waals surface area contributed by atoms with Crippen LogP contribution >= 0.6 is 0 Å². The van der Waals surface area contributed by atoms with Gasteiger partial charge < -0.3 is 4.74 Å². The van der Waals surface area contributed by atoms with E-state index in [1.54, 1.807) is 0 Å². The van der Waals surface area contributed by atoms with Gasteiger partial charge in [0.1, 0.15) is 6.61 Å². The molecule has 76 valence electrons. The number of rotatable bonds is 3. The van der Waals surface area contributed by atoms with Gasteiger partial charge in [0.15, 0.2) is 5.78 Å². The lowest BCUT2D eigenvalue weighted by Crippen LogP contribution is -2.11. The molecule has 0 aromatic rings. The number of hydrogen-bond donors (Lipinski definition) is 0. The summed E-state index contributed by atoms with van der Waals surface area (Å²) in [5, 5.41) is 0. The van der Waals surface area contributed by atoms with Crippen molar-refractivity contribution >= 4 is 11.8 Å². The molecule has 0 saturated heterocycles. The molecule has 0 N–H and O–H groups in total. The summed E-state index contributed by atoms with van der Waals surface area (Å²) in [5.41, 5.74) is 0.602. The molecule has 3 nitrogen and oxygen atoms in total. The van der Waals surface area contributed by atoms with Gasteiger partial charge in [0.25, 0.3) is 0 Å². The van der Waals surface area contributed by atoms with Crippen LogP contribution in [0.25, 0.3) is 0 Å². The molecular weight excluding hydrogens is 180 g/mol. The first-order valence-electron chi connectivity index (χ1n) is 4.75. The molecule has 1 aliphatic carbocycles. The number of carbonyl (C=O) groups excluding carboxylic acids is 2. The summed E-state index contributed by atoms with van der Waals surface area (Å²) < 4.78 is 4.76. The van der Waals surface area contributed by atoms with Crippen LogP contribution in [0.15, 0.2) is 24.3 Å². The molecule has 0 aliphatic heterocycles. The lowest BCUT2D eigenvalue weighted by Gasteiger charge is -2.11. The molecule has 0 unspecified atom stereocenters. The maximum atomic E-state index is 11.3. The predicted molar refractivity (Wildman–Crippen MR) is 52.7 cm³/mol. The Kier molecular flexibility index (Phi) is 4.11. The molecule has 0 bridgehead atoms. The average Bonchev–Trinajstić information content (AvgIpc) is 2.18. The summed E-state index contributed by atoms with van der Waals surface area (Å²) in [6.45, 7) is 3.62. The lowest BCUT2D eigenvalue weighted by atomic mass is 9.93. The first-order chi connectivity index (χ1) is 6.74. The maximum absolute atomic E-state index is 11.3. The fraction of sp³-hybridized carbons (Fsp3) is 0.455. The minimum atomic E-state index is -0.449. The van der Waals surface area contributed by atoms with E-state index in [9.17, 15) is 9.59 Å². The number of carbonyl (C=O) groups is 2. The van der Waals surface area contributed by atoms with E-state index in [4.69, 9.17) is 4.74 Å². The van der Waals surface area contributed by atoms with Crippen LogP contribution in [-0.4, -0.2) is 18.4 Å². The lowest BCUT2D eigenvalue weighted by molar-refractivity contribution is -0.136. The molecule has 0 atom stereocenters. The molecule has 1 rings (SSSR count). The van der Waals surface area contributed by atoms with Gasteiger partial charge in [-0.2, -0.15) is 0 Å². The third-order valence-corrected chi connectivity index (χ3v) is 2.09. The zero-order valence-corrected chi connectivity index (χ0v) is 8.12. The molecule has 0 aromatic carbocycles. The smallest absolute Gasteiger partial charge is 0.331 e. The summed E-state index contributed by atoms with van der Waals surface area (Å²) in [6.07, 6.45) is 5.97. The molecule has 0 aromatic heterocycles. The number of esters is 1. The van der Waals surface area contributed by atoms with Crippen molar-refractivity contribution in [3.8, 4) is 0 Å². The first-order valence-corrected chi connectivity index (χ1v) is 4.75. The summed E-state index contributed by atoms with van der Waals surface area (Å²) in [5.74, 6) is -0.373. The van der Waals surface area contributed by atoms with Gasteiger partial charge in [-0.3, -0.25) is 4.79 Å². The Hall–Kier alpha value is -1.38. The second-order valence-corrected chi connectivity index (χ2v) is 3.22. The molecule has 3 heteroatoms. The van der Waals surface area contributed by atoms with Crippen molar-refractivity contribution in [3.05, 3.63) is 24.3 Å². The van der Waals surface area contributed by atoms with Gasteiger partial charge in [-0.1, -0.05) is 12.7 Å². The normalized spacial score (nSPS) is 19.4. The van der Waals surface area contributed by atoms with Crippen LogP contribution in [-0.2, 0) is 14.3 Å². The fourth-order valence-corrected chi connectivity index (χ4v) is 1.38. The highest BCUT2D eigenvalue weighted by molar-refractivity contribution is 6.01. The van der Waals surface area contributed by atoms with E-state index in [1.165, 1.54) is 12.2 Å². The van der Waals surface area contributed by atoms with Crippen molar-refractivity contribution < 1.29 is 14.3 Å². The van der Waals surface area contributed by atoms with Gasteiger partial charge in [0.05, 0.1) is 0 Å². The van der Waals surface area contributed by atoms with Crippen molar-refractivity contribution in [2.24, 2.45) is 0 Å². The van der Waals surface area contributed by atoms with Gasteiger partial charge in [-0.25, -0.2) is 4.79 Å². The highest BCUT2D eigenvalue weighted by Crippen LogP contribution is 2.19. The number of hydrogen-bond acceptors (Lipinski definition) is 3. The molecule has 1 saturated carbocycles. The third kappa shape index (κ3) is 3.17. The van der Waals surface area contributed by atoms with Gasteiger partial charge in [-0.05, 0) is 19.3 Å². The SMILES string of the molecule is C=CCOC(=O)/C=C1\CCCCC1=O. The van der Waals surface area contributed by atoms with E-state index < -0.39 is 5.97 Å². The Morgan fingerprint density at radius 2 is 2.14 bits per heavy atom. The van der Waals surface area contributed by atoms with Crippen LogP contribution in [0.2, 0.25) is 0 Å². The van der Waals surface area contributed by atoms with Crippen LogP contribution in [0.3, 0.4) is 0 Å². The molecule has 0 heterocycles. The summed E-state index contributed by atoms with van der Waals surface area (Å²) >= 11 is 0. The predicted octanol–water partition coefficient (Wildman–Crippen LogP) is 1.79. The number of Topliss-reactive ketones (excluding diaryl/α,β-unsaturated/α-hetero) is 1. The number of ketones is 1. The van der Waals surface area contributed by atoms with E-state index in [1.807, 2.05) is 0 Å². The molecule has 0 amide bonds. The van der Waals surface area contributed by atoms with Gasteiger partial charge in [0, 0.05) is 18.1 Å². The van der Waals surface area contributed by atoms with E-state index >= 15 is 0 Å². The fourth-order valence-electron chi connectivity index (χ4n) is 1.38. The minimum Gasteiger partial charge on any atom is -0.458 e. The molecule has 14 heavy (non-hydrogen) atoms. The van der Waals surface area contributed by atoms with Crippen LogP contribution in [0.4, 0.5) is 0 Å². The van der Waals surface area contributed by atoms with Crippen LogP contribution in [0.1, 0.15) is 25.7 Å². The van der Waals surface area contributed by atoms with E-state index in [-0.39, 0.29) is 12.4 Å². The van der Waals surface area contributed by atoms with Crippen molar-refractivity contribution in [2.75, 3.05) is 6.61 Å². The second-order valence-electron chi connectivity index (χ2n) is 3.22. The third-order valence-electron chi connectivity index (χ3n) is 2.09. The molecular formula is C11H14O3. The molecule has 0 radical (unpaired) electrons. The Balaban J connectivity index is 2.52. The highest BCUT2D eigenvalue weighted by atomic mass is 16.5. The van der Waals surface area contributed by atoms with E-state index in [2.05, 4.69) is 6.58 Å². The highest BCUT2D eigenvalue weighted by Gasteiger charge is 2.16. The Morgan fingerprint density at radius 3 is 2.79 bits per heavy atom. The zero-order valence-electron chi connectivity index (χ0n) is 8.12. The molecule has 1 fully saturated rings. The van der Waals surface area contributed by atoms with Gasteiger partial charge in [-0.15, -0.1) is 0 Å². The van der Waals surface area contributed by atoms with Crippen molar-refractivity contribution in [3.63, 3.8) is 0 Å². The van der Waals surface area contributed by atoms with Crippen molar-refractivity contribution in [1.29, 1.82) is 0 Å². The summed E-state index contributed by atoms with van der Waals surface area (Å²) in [4.78, 5) is 22.4. The van der Waals surface area contributed by atoms with Gasteiger partial charge >= 0.3 is 5.97 Å². The van der Waals surface area contributed by atoms with Crippen LogP contribution in [0, 0.1) is 0 Å². The maximum Gasteiger partial charge on any atom is 0.331 e. The Morgan fingerprint density at radius 1 is 1.43 bits per heavy atom. The summed E-state index contributed by atoms with van der Waals surface area (Å²) in [6, 6.07) is 0. The standard InChI is InChI=1S/C11H14O3/c1-2-7-14-11(13)8-9-5-3-4-6-10(9)12/h2,8H,1,3-7H2/b9-8+. The first kappa shape index (κ1) is 10.7. The van der Waals surface area contributed by atoms with Crippen LogP contribution < -0.4 is 0 Å². The minimum absolute atomic E-state index is 0.0757. The molecule has 0 spiro atoms. The van der Waals surface area contributed by atoms with Gasteiger partial charge in [0.2, 0.25) is 0 Å². The molecule has 1 aliphatic rings. The topological polar surface area (TPSA) is 43.4 Å². The van der Waals surface area contributed by atoms with Crippen molar-refractivity contribution in [2.45, 2.75) is 25.7 Å². The van der Waals surface area contributed by atoms with Crippen LogP contribution in [0.5, 0.6) is 0 Å². The zero-order chi connectivity index (χ0) is 10.4. The number of allylic oxidation sites excluding steroid dienone is 1. The monoisotopic (exact) mass is 194 g/mol. The van der Waals surface area contributed by atoms with Crippen molar-refractivity contribution in [1.82, 2.24) is 0 Å². The second kappa shape index (κ2) is 5.37. The quantitative estimate of drug-likeness (QED) is 0.391. The number of ether oxygens (including phenoxy) is 1. The Labute approximate surface area is 83.4 Å². The Bertz CT molecular complexity index is 276.